The van der Waals surface area contributed by atoms with E-state index in [9.17, 15) is 0 Å². The van der Waals surface area contributed by atoms with Crippen LogP contribution in [0.5, 0.6) is 5.75 Å². The average molecular weight is 251 g/mol. The van der Waals surface area contributed by atoms with Crippen LogP contribution in [0.3, 0.4) is 0 Å². The molecule has 0 aliphatic carbocycles. The van der Waals surface area contributed by atoms with Crippen molar-refractivity contribution in [2.75, 3.05) is 13.2 Å². The first-order valence-electron chi connectivity index (χ1n) is 6.86. The Bertz CT molecular complexity index is 311. The lowest BCUT2D eigenvalue weighted by atomic mass is 10.1. The van der Waals surface area contributed by atoms with Gasteiger partial charge in [-0.15, -0.1) is 0 Å². The molecule has 0 fully saturated rings. The second kappa shape index (κ2) is 8.95. The third kappa shape index (κ3) is 5.52. The monoisotopic (exact) mass is 251 g/mol. The highest BCUT2D eigenvalue weighted by Gasteiger charge is 2.04. The molecule has 0 saturated heterocycles. The summed E-state index contributed by atoms with van der Waals surface area (Å²) in [7, 11) is 0. The van der Waals surface area contributed by atoms with Crippen molar-refractivity contribution in [3.8, 4) is 5.75 Å². The van der Waals surface area contributed by atoms with E-state index in [0.717, 1.165) is 38.2 Å². The van der Waals surface area contributed by atoms with Crippen molar-refractivity contribution in [3.05, 3.63) is 29.8 Å². The summed E-state index contributed by atoms with van der Waals surface area (Å²) in [6, 6.07) is 8.60. The van der Waals surface area contributed by atoms with Gasteiger partial charge in [0.2, 0.25) is 0 Å². The number of hydrogen-bond donors (Lipinski definition) is 2. The quantitative estimate of drug-likeness (QED) is 0.709. The van der Waals surface area contributed by atoms with Gasteiger partial charge in [0, 0.05) is 19.2 Å². The standard InChI is InChI=1S/C15H25NO2/c1-3-11-18-15-7-5-13(6-8-15)12-16-14(4-2)9-10-17/h5-8,14,16-17H,3-4,9-12H2,1-2H3. The van der Waals surface area contributed by atoms with Crippen molar-refractivity contribution in [2.45, 2.75) is 45.7 Å². The third-order valence-electron chi connectivity index (χ3n) is 2.96. The molecule has 0 spiro atoms. The molecule has 1 atom stereocenters. The summed E-state index contributed by atoms with van der Waals surface area (Å²) in [6.07, 6.45) is 2.88. The van der Waals surface area contributed by atoms with Gasteiger partial charge in [0.15, 0.2) is 0 Å². The summed E-state index contributed by atoms with van der Waals surface area (Å²) in [5.74, 6) is 0.933. The predicted molar refractivity (Wildman–Crippen MR) is 74.8 cm³/mol. The van der Waals surface area contributed by atoms with Crippen LogP contribution in [0.2, 0.25) is 0 Å². The van der Waals surface area contributed by atoms with E-state index in [1.807, 2.05) is 12.1 Å². The van der Waals surface area contributed by atoms with Crippen molar-refractivity contribution < 1.29 is 9.84 Å². The smallest absolute Gasteiger partial charge is 0.119 e. The number of ether oxygens (including phenoxy) is 1. The molecule has 2 N–H and O–H groups in total. The molecule has 102 valence electrons. The van der Waals surface area contributed by atoms with Crippen molar-refractivity contribution in [1.82, 2.24) is 5.32 Å². The molecule has 3 nitrogen and oxygen atoms in total. The number of aliphatic hydroxyl groups excluding tert-OH is 1. The number of aliphatic hydroxyl groups is 1. The lowest BCUT2D eigenvalue weighted by Crippen LogP contribution is -2.28. The zero-order valence-corrected chi connectivity index (χ0v) is 11.5. The van der Waals surface area contributed by atoms with Crippen LogP contribution in [0.15, 0.2) is 24.3 Å². The highest BCUT2D eigenvalue weighted by molar-refractivity contribution is 5.27. The first-order chi connectivity index (χ1) is 8.80. The van der Waals surface area contributed by atoms with E-state index in [1.165, 1.54) is 5.56 Å². The van der Waals surface area contributed by atoms with Crippen molar-refractivity contribution in [1.29, 1.82) is 0 Å². The minimum Gasteiger partial charge on any atom is -0.494 e. The molecule has 0 aliphatic heterocycles. The van der Waals surface area contributed by atoms with E-state index in [1.54, 1.807) is 0 Å². The molecule has 0 saturated carbocycles. The van der Waals surface area contributed by atoms with Crippen molar-refractivity contribution in [2.24, 2.45) is 0 Å². The van der Waals surface area contributed by atoms with Gasteiger partial charge in [-0.1, -0.05) is 26.0 Å². The Balaban J connectivity index is 2.38. The molecular formula is C15H25NO2. The van der Waals surface area contributed by atoms with E-state index >= 15 is 0 Å². The lowest BCUT2D eigenvalue weighted by Gasteiger charge is -2.15. The van der Waals surface area contributed by atoms with Gasteiger partial charge >= 0.3 is 0 Å². The van der Waals surface area contributed by atoms with E-state index in [4.69, 9.17) is 9.84 Å². The molecule has 1 aromatic carbocycles. The fourth-order valence-electron chi connectivity index (χ4n) is 1.79. The van der Waals surface area contributed by atoms with Gasteiger partial charge in [-0.05, 0) is 37.0 Å². The van der Waals surface area contributed by atoms with Crippen LogP contribution >= 0.6 is 0 Å². The summed E-state index contributed by atoms with van der Waals surface area (Å²) in [4.78, 5) is 0. The summed E-state index contributed by atoms with van der Waals surface area (Å²) in [5.41, 5.74) is 1.25. The molecule has 1 unspecified atom stereocenters. The van der Waals surface area contributed by atoms with Gasteiger partial charge in [0.25, 0.3) is 0 Å². The van der Waals surface area contributed by atoms with Gasteiger partial charge < -0.3 is 15.2 Å². The molecule has 0 bridgehead atoms. The number of nitrogens with one attached hydrogen (secondary N) is 1. The minimum absolute atomic E-state index is 0.245. The molecule has 18 heavy (non-hydrogen) atoms. The SMILES string of the molecule is CCCOc1ccc(CNC(CC)CCO)cc1. The van der Waals surface area contributed by atoms with Gasteiger partial charge in [-0.25, -0.2) is 0 Å². The predicted octanol–water partition coefficient (Wildman–Crippen LogP) is 2.73. The first kappa shape index (κ1) is 15.0. The molecule has 0 amide bonds. The average Bonchev–Trinajstić information content (AvgIpc) is 2.42. The molecule has 0 heterocycles. The summed E-state index contributed by atoms with van der Waals surface area (Å²) in [5, 5.41) is 12.4. The largest absolute Gasteiger partial charge is 0.494 e. The molecule has 1 rings (SSSR count). The van der Waals surface area contributed by atoms with Gasteiger partial charge in [0.05, 0.1) is 6.61 Å². The second-order valence-electron chi connectivity index (χ2n) is 4.49. The van der Waals surface area contributed by atoms with Crippen LogP contribution in [0.1, 0.15) is 38.7 Å². The fraction of sp³-hybridized carbons (Fsp3) is 0.600. The Hall–Kier alpha value is -1.06. The maximum atomic E-state index is 8.93. The van der Waals surface area contributed by atoms with Crippen LogP contribution in [0.25, 0.3) is 0 Å². The highest BCUT2D eigenvalue weighted by atomic mass is 16.5. The molecule has 0 radical (unpaired) electrons. The topological polar surface area (TPSA) is 41.5 Å². The van der Waals surface area contributed by atoms with Crippen molar-refractivity contribution >= 4 is 0 Å². The number of rotatable bonds is 9. The Labute approximate surface area is 110 Å². The third-order valence-corrected chi connectivity index (χ3v) is 2.96. The van der Waals surface area contributed by atoms with Gasteiger partial charge in [-0.2, -0.15) is 0 Å². The zero-order valence-electron chi connectivity index (χ0n) is 11.5. The van der Waals surface area contributed by atoms with Crippen LogP contribution in [-0.2, 0) is 6.54 Å². The van der Waals surface area contributed by atoms with E-state index in [-0.39, 0.29) is 6.61 Å². The Kier molecular flexibility index (Phi) is 7.46. The van der Waals surface area contributed by atoms with Gasteiger partial charge in [-0.3, -0.25) is 0 Å². The number of benzene rings is 1. The highest BCUT2D eigenvalue weighted by Crippen LogP contribution is 2.12. The Morgan fingerprint density at radius 1 is 1.22 bits per heavy atom. The minimum atomic E-state index is 0.245. The normalized spacial score (nSPS) is 12.4. The van der Waals surface area contributed by atoms with E-state index < -0.39 is 0 Å². The maximum Gasteiger partial charge on any atom is 0.119 e. The fourth-order valence-corrected chi connectivity index (χ4v) is 1.79. The zero-order chi connectivity index (χ0) is 13.2. The lowest BCUT2D eigenvalue weighted by molar-refractivity contribution is 0.262. The van der Waals surface area contributed by atoms with Crippen LogP contribution in [-0.4, -0.2) is 24.4 Å². The Morgan fingerprint density at radius 3 is 2.50 bits per heavy atom. The molecule has 3 heteroatoms. The summed E-state index contributed by atoms with van der Waals surface area (Å²) >= 11 is 0. The molecule has 0 aromatic heterocycles. The maximum absolute atomic E-state index is 8.93. The van der Waals surface area contributed by atoms with Crippen molar-refractivity contribution in [3.63, 3.8) is 0 Å². The van der Waals surface area contributed by atoms with Crippen LogP contribution in [0, 0.1) is 0 Å². The molecule has 1 aromatic rings. The number of hydrogen-bond acceptors (Lipinski definition) is 3. The van der Waals surface area contributed by atoms with Gasteiger partial charge in [0.1, 0.15) is 5.75 Å². The molecule has 0 aliphatic rings. The summed E-state index contributed by atoms with van der Waals surface area (Å²) in [6.45, 7) is 6.09. The van der Waals surface area contributed by atoms with Crippen LogP contribution in [0.4, 0.5) is 0 Å². The first-order valence-corrected chi connectivity index (χ1v) is 6.86. The second-order valence-corrected chi connectivity index (χ2v) is 4.49. The molecular weight excluding hydrogens is 226 g/mol. The van der Waals surface area contributed by atoms with Crippen LogP contribution < -0.4 is 10.1 Å². The van der Waals surface area contributed by atoms with E-state index in [0.29, 0.717) is 6.04 Å². The summed E-state index contributed by atoms with van der Waals surface area (Å²) < 4.78 is 5.54. The van der Waals surface area contributed by atoms with E-state index in [2.05, 4.69) is 31.3 Å². The Morgan fingerprint density at radius 2 is 1.94 bits per heavy atom.